The molecule has 0 saturated carbocycles. The maximum atomic E-state index is 2.51. The van der Waals surface area contributed by atoms with E-state index in [1.54, 1.807) is 5.57 Å². The van der Waals surface area contributed by atoms with Crippen molar-refractivity contribution in [3.8, 4) is 33.4 Å². The zero-order valence-electron chi connectivity index (χ0n) is 27.3. The number of allylic oxidation sites excluding steroid dienone is 4. The van der Waals surface area contributed by atoms with Crippen LogP contribution in [0.25, 0.3) is 39.0 Å². The fourth-order valence-corrected chi connectivity index (χ4v) is 9.35. The van der Waals surface area contributed by atoms with Crippen molar-refractivity contribution in [3.05, 3.63) is 160 Å². The van der Waals surface area contributed by atoms with Gasteiger partial charge in [-0.25, -0.2) is 0 Å². The van der Waals surface area contributed by atoms with Crippen LogP contribution in [0.3, 0.4) is 0 Å². The molecule has 0 amide bonds. The third-order valence-electron chi connectivity index (χ3n) is 11.9. The second-order valence-corrected chi connectivity index (χ2v) is 15.3. The zero-order chi connectivity index (χ0) is 30.9. The van der Waals surface area contributed by atoms with Gasteiger partial charge in [-0.05, 0) is 103 Å². The quantitative estimate of drug-likeness (QED) is 0.195. The van der Waals surface area contributed by atoms with Gasteiger partial charge in [-0.3, -0.25) is 0 Å². The molecule has 220 valence electrons. The minimum Gasteiger partial charge on any atom is -0.0757 e. The normalized spacial score (nSPS) is 20.3. The molecule has 0 heteroatoms. The average Bonchev–Trinajstić information content (AvgIpc) is 3.53. The van der Waals surface area contributed by atoms with E-state index in [0.717, 1.165) is 6.42 Å². The first-order valence-electron chi connectivity index (χ1n) is 16.6. The van der Waals surface area contributed by atoms with Gasteiger partial charge in [0.2, 0.25) is 0 Å². The van der Waals surface area contributed by atoms with E-state index in [-0.39, 0.29) is 16.2 Å². The zero-order valence-corrected chi connectivity index (χ0v) is 27.3. The van der Waals surface area contributed by atoms with Crippen LogP contribution in [0.4, 0.5) is 0 Å². The molecule has 5 aromatic rings. The fraction of sp³-hybridized carbons (Fsp3) is 0.244. The predicted molar refractivity (Wildman–Crippen MR) is 190 cm³/mol. The van der Waals surface area contributed by atoms with Crippen molar-refractivity contribution in [2.75, 3.05) is 0 Å². The second kappa shape index (κ2) is 8.85. The highest BCUT2D eigenvalue weighted by atomic mass is 14.5. The maximum Gasteiger partial charge on any atom is 0.0159 e. The molecule has 0 fully saturated rings. The Bertz CT molecular complexity index is 2160. The fourth-order valence-electron chi connectivity index (χ4n) is 9.35. The minimum atomic E-state index is -0.0249. The van der Waals surface area contributed by atoms with Gasteiger partial charge in [0.05, 0.1) is 0 Å². The average molecular weight is 581 g/mol. The molecule has 0 bridgehead atoms. The standard InChI is InChI=1S/C45H40/c1-43(2)39-21-17-27(29-15-19-33-31-11-7-9-13-37(31)44(3,4)41(33)25-29)23-35(39)36-24-28(18-22-40(36)43)30-16-20-34-32-12-8-10-14-38(32)45(5,6)42(34)26-30/h7-19,21-26,34H,20H2,1-6H3. The Kier molecular flexibility index (Phi) is 5.30. The van der Waals surface area contributed by atoms with Gasteiger partial charge in [0.1, 0.15) is 0 Å². The molecule has 9 rings (SSSR count). The lowest BCUT2D eigenvalue weighted by Crippen LogP contribution is -2.17. The van der Waals surface area contributed by atoms with Crippen LogP contribution in [0.5, 0.6) is 0 Å². The summed E-state index contributed by atoms with van der Waals surface area (Å²) in [4.78, 5) is 0. The van der Waals surface area contributed by atoms with Crippen LogP contribution < -0.4 is 0 Å². The Hall–Kier alpha value is -4.42. The molecular weight excluding hydrogens is 540 g/mol. The highest BCUT2D eigenvalue weighted by Gasteiger charge is 2.42. The van der Waals surface area contributed by atoms with Gasteiger partial charge in [-0.1, -0.05) is 144 Å². The smallest absolute Gasteiger partial charge is 0.0159 e. The van der Waals surface area contributed by atoms with Gasteiger partial charge in [0.25, 0.3) is 0 Å². The molecule has 4 aliphatic rings. The van der Waals surface area contributed by atoms with Crippen molar-refractivity contribution in [2.24, 2.45) is 0 Å². The van der Waals surface area contributed by atoms with Crippen molar-refractivity contribution in [1.82, 2.24) is 0 Å². The molecule has 0 saturated heterocycles. The number of rotatable bonds is 2. The third kappa shape index (κ3) is 3.54. The Balaban J connectivity index is 1.12. The Labute approximate surface area is 268 Å². The van der Waals surface area contributed by atoms with Gasteiger partial charge in [0, 0.05) is 22.2 Å². The molecule has 0 spiro atoms. The molecule has 4 aliphatic carbocycles. The van der Waals surface area contributed by atoms with E-state index >= 15 is 0 Å². The second-order valence-electron chi connectivity index (χ2n) is 15.3. The lowest BCUT2D eigenvalue weighted by molar-refractivity contribution is 0.613. The van der Waals surface area contributed by atoms with Crippen LogP contribution in [-0.4, -0.2) is 0 Å². The Morgan fingerprint density at radius 3 is 1.80 bits per heavy atom. The molecule has 1 atom stereocenters. The summed E-state index contributed by atoms with van der Waals surface area (Å²) in [6, 6.07) is 39.6. The van der Waals surface area contributed by atoms with Gasteiger partial charge < -0.3 is 0 Å². The summed E-state index contributed by atoms with van der Waals surface area (Å²) in [5.74, 6) is 0.502. The summed E-state index contributed by atoms with van der Waals surface area (Å²) in [5, 5.41) is 0. The molecule has 0 nitrogen and oxygen atoms in total. The molecule has 0 radical (unpaired) electrons. The van der Waals surface area contributed by atoms with E-state index in [0.29, 0.717) is 5.92 Å². The van der Waals surface area contributed by atoms with E-state index in [2.05, 4.69) is 157 Å². The van der Waals surface area contributed by atoms with Crippen LogP contribution in [0.15, 0.2) is 121 Å². The van der Waals surface area contributed by atoms with Crippen molar-refractivity contribution >= 4 is 5.57 Å². The van der Waals surface area contributed by atoms with Crippen LogP contribution in [0.1, 0.15) is 92.8 Å². The molecule has 0 aromatic heterocycles. The van der Waals surface area contributed by atoms with E-state index in [9.17, 15) is 0 Å². The summed E-state index contributed by atoms with van der Waals surface area (Å²) >= 11 is 0. The van der Waals surface area contributed by atoms with Crippen LogP contribution >= 0.6 is 0 Å². The molecule has 1 unspecified atom stereocenters. The topological polar surface area (TPSA) is 0 Å². The molecule has 0 heterocycles. The van der Waals surface area contributed by atoms with Gasteiger partial charge >= 0.3 is 0 Å². The lowest BCUT2D eigenvalue weighted by atomic mass is 9.76. The third-order valence-corrected chi connectivity index (χ3v) is 11.9. The van der Waals surface area contributed by atoms with Crippen LogP contribution in [0, 0.1) is 0 Å². The van der Waals surface area contributed by atoms with Crippen molar-refractivity contribution in [3.63, 3.8) is 0 Å². The molecule has 0 N–H and O–H groups in total. The summed E-state index contributed by atoms with van der Waals surface area (Å²) < 4.78 is 0. The van der Waals surface area contributed by atoms with Crippen LogP contribution in [-0.2, 0) is 16.2 Å². The maximum absolute atomic E-state index is 2.51. The van der Waals surface area contributed by atoms with Gasteiger partial charge in [-0.2, -0.15) is 0 Å². The molecule has 45 heavy (non-hydrogen) atoms. The number of hydrogen-bond acceptors (Lipinski definition) is 0. The molecule has 0 aliphatic heterocycles. The summed E-state index contributed by atoms with van der Waals surface area (Å²) in [6.07, 6.45) is 6.07. The largest absolute Gasteiger partial charge is 0.0757 e. The first kappa shape index (κ1) is 26.9. The van der Waals surface area contributed by atoms with Gasteiger partial charge in [0.15, 0.2) is 0 Å². The van der Waals surface area contributed by atoms with E-state index in [1.807, 2.05) is 0 Å². The summed E-state index contributed by atoms with van der Waals surface area (Å²) in [6.45, 7) is 14.3. The minimum absolute atomic E-state index is 0.00134. The SMILES string of the molecule is CC1(C)C2=CC(c3ccc4c(c3)-c3cc(-c5ccc6c(c5)C(C)(C)c5ccccc5-6)ccc3C4(C)C)=CCC2c2ccccc21. The first-order chi connectivity index (χ1) is 21.6. The van der Waals surface area contributed by atoms with E-state index in [4.69, 9.17) is 0 Å². The Morgan fingerprint density at radius 2 is 1.02 bits per heavy atom. The van der Waals surface area contributed by atoms with Crippen LogP contribution in [0.2, 0.25) is 0 Å². The van der Waals surface area contributed by atoms with Crippen molar-refractivity contribution in [1.29, 1.82) is 0 Å². The highest BCUT2D eigenvalue weighted by molar-refractivity contribution is 5.89. The lowest BCUT2D eigenvalue weighted by Gasteiger charge is -2.27. The van der Waals surface area contributed by atoms with Gasteiger partial charge in [-0.15, -0.1) is 0 Å². The summed E-state index contributed by atoms with van der Waals surface area (Å²) in [5.41, 5.74) is 21.1. The van der Waals surface area contributed by atoms with Crippen molar-refractivity contribution in [2.45, 2.75) is 70.1 Å². The van der Waals surface area contributed by atoms with Crippen molar-refractivity contribution < 1.29 is 0 Å². The highest BCUT2D eigenvalue weighted by Crippen LogP contribution is 2.56. The molecular formula is C45H40. The number of benzene rings is 5. The molecule has 5 aromatic carbocycles. The van der Waals surface area contributed by atoms with E-state index < -0.39 is 0 Å². The Morgan fingerprint density at radius 1 is 0.467 bits per heavy atom. The first-order valence-corrected chi connectivity index (χ1v) is 16.6. The van der Waals surface area contributed by atoms with E-state index in [1.165, 1.54) is 77.9 Å². The summed E-state index contributed by atoms with van der Waals surface area (Å²) in [7, 11) is 0. The number of fused-ring (bicyclic) bond motifs is 9. The predicted octanol–water partition coefficient (Wildman–Crippen LogP) is 11.8. The number of hydrogen-bond donors (Lipinski definition) is 0. The monoisotopic (exact) mass is 580 g/mol.